The summed E-state index contributed by atoms with van der Waals surface area (Å²) in [4.78, 5) is 48.9. The average molecular weight is 485 g/mol. The smallest absolute Gasteiger partial charge is 0.341 e. The number of hydrogen-bond acceptors (Lipinski definition) is 8. The molecule has 0 saturated carbocycles. The first kappa shape index (κ1) is 24.7. The Morgan fingerprint density at radius 3 is 2.56 bits per heavy atom. The van der Waals surface area contributed by atoms with Crippen LogP contribution >= 0.6 is 11.3 Å². The molecule has 0 atom stereocenters. The van der Waals surface area contributed by atoms with E-state index in [9.17, 15) is 19.2 Å². The van der Waals surface area contributed by atoms with Gasteiger partial charge < -0.3 is 24.5 Å². The average Bonchev–Trinajstić information content (AvgIpc) is 3.48. The first-order valence-electron chi connectivity index (χ1n) is 10.5. The number of amides is 2. The Morgan fingerprint density at radius 2 is 1.85 bits per heavy atom. The number of hydrogen-bond donors (Lipinski definition) is 2. The van der Waals surface area contributed by atoms with Crippen LogP contribution in [0.1, 0.15) is 39.6 Å². The first-order valence-corrected chi connectivity index (χ1v) is 11.4. The van der Waals surface area contributed by atoms with Crippen LogP contribution in [-0.4, -0.2) is 43.5 Å². The molecule has 0 spiro atoms. The van der Waals surface area contributed by atoms with Crippen LogP contribution in [0.5, 0.6) is 0 Å². The number of ether oxygens (including phenoxy) is 2. The lowest BCUT2D eigenvalue weighted by molar-refractivity contribution is -0.147. The van der Waals surface area contributed by atoms with Crippen LogP contribution in [0.3, 0.4) is 0 Å². The van der Waals surface area contributed by atoms with Crippen molar-refractivity contribution in [2.75, 3.05) is 25.1 Å². The number of esters is 2. The minimum absolute atomic E-state index is 0.0675. The van der Waals surface area contributed by atoms with Crippen molar-refractivity contribution in [2.24, 2.45) is 0 Å². The van der Waals surface area contributed by atoms with Crippen molar-refractivity contribution in [3.05, 3.63) is 64.7 Å². The van der Waals surface area contributed by atoms with E-state index in [0.717, 1.165) is 16.9 Å². The van der Waals surface area contributed by atoms with Crippen LogP contribution in [0.2, 0.25) is 0 Å². The summed E-state index contributed by atoms with van der Waals surface area (Å²) in [5.74, 6) is -1.70. The summed E-state index contributed by atoms with van der Waals surface area (Å²) >= 11 is 1.13. The lowest BCUT2D eigenvalue weighted by Gasteiger charge is -2.09. The quantitative estimate of drug-likeness (QED) is 0.420. The number of rotatable bonds is 10. The maximum absolute atomic E-state index is 12.5. The van der Waals surface area contributed by atoms with Gasteiger partial charge in [-0.05, 0) is 37.6 Å². The molecule has 2 heterocycles. The van der Waals surface area contributed by atoms with Gasteiger partial charge in [0, 0.05) is 23.1 Å². The maximum Gasteiger partial charge on any atom is 0.341 e. The summed E-state index contributed by atoms with van der Waals surface area (Å²) in [6, 6.07) is 10.5. The van der Waals surface area contributed by atoms with Gasteiger partial charge in [0.1, 0.15) is 16.3 Å². The molecule has 2 amide bonds. The minimum atomic E-state index is -0.645. The molecule has 0 fully saturated rings. The third-order valence-electron chi connectivity index (χ3n) is 4.68. The number of anilines is 1. The second-order valence-corrected chi connectivity index (χ2v) is 7.96. The fraction of sp³-hybridized carbons (Fsp3) is 0.250. The van der Waals surface area contributed by atoms with E-state index >= 15 is 0 Å². The number of thiophene rings is 1. The molecule has 10 heteroatoms. The minimum Gasteiger partial charge on any atom is -0.464 e. The summed E-state index contributed by atoms with van der Waals surface area (Å²) in [6.45, 7) is 3.19. The van der Waals surface area contributed by atoms with Gasteiger partial charge in [0.2, 0.25) is 0 Å². The van der Waals surface area contributed by atoms with Crippen LogP contribution in [-0.2, 0) is 19.1 Å². The third-order valence-corrected chi connectivity index (χ3v) is 5.57. The van der Waals surface area contributed by atoms with Crippen molar-refractivity contribution >= 4 is 40.1 Å². The van der Waals surface area contributed by atoms with Gasteiger partial charge in [-0.1, -0.05) is 18.2 Å². The largest absolute Gasteiger partial charge is 0.464 e. The van der Waals surface area contributed by atoms with Gasteiger partial charge in [0.25, 0.3) is 11.8 Å². The van der Waals surface area contributed by atoms with Crippen molar-refractivity contribution in [1.82, 2.24) is 5.32 Å². The number of furan rings is 1. The summed E-state index contributed by atoms with van der Waals surface area (Å²) in [5, 5.41) is 7.16. The predicted octanol–water partition coefficient (Wildman–Crippen LogP) is 3.80. The van der Waals surface area contributed by atoms with E-state index in [4.69, 9.17) is 13.9 Å². The lowest BCUT2D eigenvalue weighted by Crippen LogP contribution is -2.28. The van der Waals surface area contributed by atoms with Crippen LogP contribution in [0, 0.1) is 6.92 Å². The summed E-state index contributed by atoms with van der Waals surface area (Å²) in [7, 11) is 0. The molecule has 1 aromatic carbocycles. The molecule has 34 heavy (non-hydrogen) atoms. The van der Waals surface area contributed by atoms with Crippen LogP contribution in [0.25, 0.3) is 11.3 Å². The zero-order chi connectivity index (χ0) is 24.5. The van der Waals surface area contributed by atoms with Gasteiger partial charge in [-0.25, -0.2) is 4.79 Å². The molecule has 3 rings (SSSR count). The Hall–Kier alpha value is -3.92. The second kappa shape index (κ2) is 11.8. The Balaban J connectivity index is 1.51. The molecular formula is C24H24N2O7S. The second-order valence-electron chi connectivity index (χ2n) is 7.08. The van der Waals surface area contributed by atoms with E-state index in [-0.39, 0.29) is 36.0 Å². The molecule has 178 valence electrons. The van der Waals surface area contributed by atoms with Crippen LogP contribution < -0.4 is 10.6 Å². The summed E-state index contributed by atoms with van der Waals surface area (Å²) in [6.07, 6.45) is 1.38. The molecule has 9 nitrogen and oxygen atoms in total. The number of carbonyl (C=O) groups excluding carboxylic acids is 4. The van der Waals surface area contributed by atoms with Gasteiger partial charge in [0.15, 0.2) is 6.61 Å². The predicted molar refractivity (Wildman–Crippen MR) is 126 cm³/mol. The van der Waals surface area contributed by atoms with Crippen molar-refractivity contribution in [2.45, 2.75) is 20.3 Å². The Kier molecular flexibility index (Phi) is 8.58. The van der Waals surface area contributed by atoms with E-state index in [1.807, 2.05) is 19.1 Å². The molecule has 0 aliphatic heterocycles. The van der Waals surface area contributed by atoms with Gasteiger partial charge in [-0.3, -0.25) is 14.4 Å². The monoisotopic (exact) mass is 484 g/mol. The van der Waals surface area contributed by atoms with Gasteiger partial charge >= 0.3 is 11.9 Å². The lowest BCUT2D eigenvalue weighted by atomic mass is 10.1. The van der Waals surface area contributed by atoms with Gasteiger partial charge in [-0.15, -0.1) is 11.3 Å². The number of carbonyl (C=O) groups is 4. The highest BCUT2D eigenvalue weighted by Gasteiger charge is 2.24. The highest BCUT2D eigenvalue weighted by molar-refractivity contribution is 7.15. The van der Waals surface area contributed by atoms with Crippen molar-refractivity contribution < 1.29 is 33.1 Å². The molecule has 0 radical (unpaired) electrons. The SMILES string of the molecule is CCOC(=O)c1c(-c2ccco2)csc1NC(=O)COC(=O)CCNC(=O)c1ccccc1C. The standard InChI is InChI=1S/C24H24N2O7S/c1-3-31-24(30)21-17(18-9-6-12-32-18)14-34-23(21)26-19(27)13-33-20(28)10-11-25-22(29)16-8-5-4-7-15(16)2/h4-9,12,14H,3,10-11,13H2,1-2H3,(H,25,29)(H,26,27). The molecule has 2 N–H and O–H groups in total. The highest BCUT2D eigenvalue weighted by Crippen LogP contribution is 2.36. The normalized spacial score (nSPS) is 10.4. The van der Waals surface area contributed by atoms with Gasteiger partial charge in [-0.2, -0.15) is 0 Å². The molecule has 0 bridgehead atoms. The van der Waals surface area contributed by atoms with E-state index in [0.29, 0.717) is 16.9 Å². The van der Waals surface area contributed by atoms with Crippen molar-refractivity contribution in [1.29, 1.82) is 0 Å². The molecule has 0 unspecified atom stereocenters. The summed E-state index contributed by atoms with van der Waals surface area (Å²) in [5.41, 5.74) is 2.01. The summed E-state index contributed by atoms with van der Waals surface area (Å²) < 4.78 is 15.4. The van der Waals surface area contributed by atoms with Crippen LogP contribution in [0.4, 0.5) is 5.00 Å². The number of nitrogens with one attached hydrogen (secondary N) is 2. The van der Waals surface area contributed by atoms with Gasteiger partial charge in [0.05, 0.1) is 19.3 Å². The maximum atomic E-state index is 12.5. The van der Waals surface area contributed by atoms with E-state index in [2.05, 4.69) is 10.6 Å². The fourth-order valence-corrected chi connectivity index (χ4v) is 4.00. The van der Waals surface area contributed by atoms with E-state index in [1.165, 1.54) is 6.26 Å². The zero-order valence-corrected chi connectivity index (χ0v) is 19.5. The van der Waals surface area contributed by atoms with E-state index in [1.54, 1.807) is 36.6 Å². The number of benzene rings is 1. The Labute approximate surface area is 200 Å². The van der Waals surface area contributed by atoms with E-state index < -0.39 is 24.5 Å². The Bertz CT molecular complexity index is 1170. The Morgan fingerprint density at radius 1 is 1.06 bits per heavy atom. The number of aryl methyl sites for hydroxylation is 1. The van der Waals surface area contributed by atoms with Crippen molar-refractivity contribution in [3.63, 3.8) is 0 Å². The molecule has 0 aliphatic rings. The molecular weight excluding hydrogens is 460 g/mol. The van der Waals surface area contributed by atoms with Crippen LogP contribution in [0.15, 0.2) is 52.5 Å². The first-order chi connectivity index (χ1) is 16.4. The van der Waals surface area contributed by atoms with Crippen molar-refractivity contribution in [3.8, 4) is 11.3 Å². The third kappa shape index (κ3) is 6.32. The fourth-order valence-electron chi connectivity index (χ4n) is 3.05. The molecule has 3 aromatic rings. The zero-order valence-electron chi connectivity index (χ0n) is 18.7. The molecule has 2 aromatic heterocycles. The topological polar surface area (TPSA) is 124 Å². The molecule has 0 saturated heterocycles. The highest BCUT2D eigenvalue weighted by atomic mass is 32.1. The molecule has 0 aliphatic carbocycles.